The Balaban J connectivity index is 2.26. The molecule has 5 heteroatoms. The summed E-state index contributed by atoms with van der Waals surface area (Å²) in [6.07, 6.45) is 1.85. The Morgan fingerprint density at radius 2 is 2.05 bits per heavy atom. The van der Waals surface area contributed by atoms with Crippen molar-refractivity contribution < 1.29 is 8.42 Å². The molecule has 1 heterocycles. The monoisotopic (exact) mass is 310 g/mol. The summed E-state index contributed by atoms with van der Waals surface area (Å²) >= 11 is 0. The second-order valence-corrected chi connectivity index (χ2v) is 8.54. The molecule has 1 aliphatic heterocycles. The van der Waals surface area contributed by atoms with Gasteiger partial charge in [0.05, 0.1) is 4.90 Å². The van der Waals surface area contributed by atoms with Crippen LogP contribution in [0.15, 0.2) is 29.2 Å². The molecule has 2 rings (SSSR count). The first-order chi connectivity index (χ1) is 9.73. The molecular weight excluding hydrogens is 284 g/mol. The first-order valence-corrected chi connectivity index (χ1v) is 9.03. The quantitative estimate of drug-likeness (QED) is 0.910. The number of hydrogen-bond acceptors (Lipinski definition) is 3. The zero-order valence-corrected chi connectivity index (χ0v) is 14.2. The highest BCUT2D eigenvalue weighted by molar-refractivity contribution is 7.89. The lowest BCUT2D eigenvalue weighted by molar-refractivity contribution is 0.291. The minimum atomic E-state index is -3.40. The van der Waals surface area contributed by atoms with Gasteiger partial charge in [0.25, 0.3) is 0 Å². The lowest BCUT2D eigenvalue weighted by atomic mass is 10.0. The van der Waals surface area contributed by atoms with Crippen LogP contribution >= 0.6 is 0 Å². The highest BCUT2D eigenvalue weighted by atomic mass is 32.2. The third-order valence-corrected chi connectivity index (χ3v) is 6.13. The normalized spacial score (nSPS) is 19.3. The lowest BCUT2D eigenvalue weighted by Crippen LogP contribution is -2.42. The van der Waals surface area contributed by atoms with Crippen LogP contribution in [0.25, 0.3) is 0 Å². The topological polar surface area (TPSA) is 49.4 Å². The molecule has 1 saturated heterocycles. The fourth-order valence-corrected chi connectivity index (χ4v) is 4.71. The Morgan fingerprint density at radius 3 is 2.62 bits per heavy atom. The van der Waals surface area contributed by atoms with E-state index in [-0.39, 0.29) is 5.54 Å². The molecule has 1 aromatic rings. The summed E-state index contributed by atoms with van der Waals surface area (Å²) in [7, 11) is -3.40. The summed E-state index contributed by atoms with van der Waals surface area (Å²) in [4.78, 5) is 0.403. The molecule has 4 nitrogen and oxygen atoms in total. The van der Waals surface area contributed by atoms with Crippen LogP contribution in [-0.2, 0) is 16.6 Å². The van der Waals surface area contributed by atoms with E-state index < -0.39 is 10.0 Å². The van der Waals surface area contributed by atoms with Crippen molar-refractivity contribution in [2.24, 2.45) is 0 Å². The van der Waals surface area contributed by atoms with Gasteiger partial charge in [0.1, 0.15) is 0 Å². The Labute approximate surface area is 128 Å². The van der Waals surface area contributed by atoms with Crippen molar-refractivity contribution in [2.45, 2.75) is 63.6 Å². The molecule has 1 N–H and O–H groups in total. The molecule has 0 atom stereocenters. The summed E-state index contributed by atoms with van der Waals surface area (Å²) in [6.45, 7) is 9.46. The third kappa shape index (κ3) is 3.65. The standard InChI is InChI=1S/C16H26N2O2S/c1-13(2)17-12-14-7-5-8-15(11-14)21(19,20)18-10-6-9-16(18,3)4/h5,7-8,11,13,17H,6,9-10,12H2,1-4H3. The van der Waals surface area contributed by atoms with Gasteiger partial charge in [0.2, 0.25) is 10.0 Å². The summed E-state index contributed by atoms with van der Waals surface area (Å²) < 4.78 is 27.3. The lowest BCUT2D eigenvalue weighted by Gasteiger charge is -2.30. The van der Waals surface area contributed by atoms with Crippen LogP contribution in [0.5, 0.6) is 0 Å². The van der Waals surface area contributed by atoms with Gasteiger partial charge < -0.3 is 5.32 Å². The van der Waals surface area contributed by atoms with Crippen LogP contribution in [0.2, 0.25) is 0 Å². The molecule has 0 saturated carbocycles. The molecule has 1 aromatic carbocycles. The van der Waals surface area contributed by atoms with E-state index in [1.807, 2.05) is 26.0 Å². The van der Waals surface area contributed by atoms with E-state index in [1.54, 1.807) is 16.4 Å². The highest BCUT2D eigenvalue weighted by Crippen LogP contribution is 2.33. The minimum absolute atomic E-state index is 0.287. The van der Waals surface area contributed by atoms with E-state index >= 15 is 0 Å². The van der Waals surface area contributed by atoms with E-state index in [2.05, 4.69) is 19.2 Å². The van der Waals surface area contributed by atoms with Crippen molar-refractivity contribution >= 4 is 10.0 Å². The molecule has 21 heavy (non-hydrogen) atoms. The predicted molar refractivity (Wildman–Crippen MR) is 85.6 cm³/mol. The smallest absolute Gasteiger partial charge is 0.243 e. The number of nitrogens with zero attached hydrogens (tertiary/aromatic N) is 1. The molecule has 118 valence electrons. The molecule has 0 bridgehead atoms. The van der Waals surface area contributed by atoms with Crippen LogP contribution in [0.1, 0.15) is 46.1 Å². The minimum Gasteiger partial charge on any atom is -0.310 e. The molecule has 0 aliphatic carbocycles. The van der Waals surface area contributed by atoms with E-state index in [0.29, 0.717) is 24.0 Å². The molecule has 0 unspecified atom stereocenters. The van der Waals surface area contributed by atoms with E-state index in [1.165, 1.54) is 0 Å². The Morgan fingerprint density at radius 1 is 1.33 bits per heavy atom. The van der Waals surface area contributed by atoms with Gasteiger partial charge in [-0.15, -0.1) is 0 Å². The molecule has 1 fully saturated rings. The molecule has 0 spiro atoms. The Bertz CT molecular complexity index is 594. The molecular formula is C16H26N2O2S. The average Bonchev–Trinajstić information content (AvgIpc) is 2.77. The molecule has 0 radical (unpaired) electrons. The summed E-state index contributed by atoms with van der Waals surface area (Å²) in [5, 5.41) is 3.32. The maximum atomic E-state index is 12.8. The van der Waals surface area contributed by atoms with Crippen molar-refractivity contribution in [2.75, 3.05) is 6.54 Å². The van der Waals surface area contributed by atoms with Gasteiger partial charge in [-0.1, -0.05) is 26.0 Å². The largest absolute Gasteiger partial charge is 0.310 e. The second-order valence-electron chi connectivity index (χ2n) is 6.68. The van der Waals surface area contributed by atoms with Crippen molar-refractivity contribution in [3.63, 3.8) is 0 Å². The SMILES string of the molecule is CC(C)NCc1cccc(S(=O)(=O)N2CCCC2(C)C)c1. The first-order valence-electron chi connectivity index (χ1n) is 7.59. The van der Waals surface area contributed by atoms with Gasteiger partial charge in [0.15, 0.2) is 0 Å². The molecule has 1 aliphatic rings. The van der Waals surface area contributed by atoms with Gasteiger partial charge in [-0.25, -0.2) is 8.42 Å². The van der Waals surface area contributed by atoms with E-state index in [4.69, 9.17) is 0 Å². The van der Waals surface area contributed by atoms with Gasteiger partial charge in [-0.3, -0.25) is 0 Å². The molecule has 0 aromatic heterocycles. The third-order valence-electron chi connectivity index (χ3n) is 4.03. The average molecular weight is 310 g/mol. The van der Waals surface area contributed by atoms with Crippen LogP contribution in [0.3, 0.4) is 0 Å². The van der Waals surface area contributed by atoms with Gasteiger partial charge in [-0.05, 0) is 44.4 Å². The Kier molecular flexibility index (Phi) is 4.76. The number of hydrogen-bond donors (Lipinski definition) is 1. The van der Waals surface area contributed by atoms with Crippen LogP contribution < -0.4 is 5.32 Å². The summed E-state index contributed by atoms with van der Waals surface area (Å²) in [5.74, 6) is 0. The molecule has 0 amide bonds. The number of sulfonamides is 1. The van der Waals surface area contributed by atoms with Crippen molar-refractivity contribution in [1.82, 2.24) is 9.62 Å². The predicted octanol–water partition coefficient (Wildman–Crippen LogP) is 2.75. The summed E-state index contributed by atoms with van der Waals surface area (Å²) in [5.41, 5.74) is 0.715. The Hall–Kier alpha value is -0.910. The van der Waals surface area contributed by atoms with Gasteiger partial charge >= 0.3 is 0 Å². The van der Waals surface area contributed by atoms with Crippen molar-refractivity contribution in [3.05, 3.63) is 29.8 Å². The first kappa shape index (κ1) is 16.5. The summed E-state index contributed by atoms with van der Waals surface area (Å²) in [6, 6.07) is 7.65. The van der Waals surface area contributed by atoms with Crippen LogP contribution in [-0.4, -0.2) is 30.8 Å². The fraction of sp³-hybridized carbons (Fsp3) is 0.625. The zero-order valence-electron chi connectivity index (χ0n) is 13.4. The van der Waals surface area contributed by atoms with Crippen molar-refractivity contribution in [3.8, 4) is 0 Å². The second kappa shape index (κ2) is 6.07. The van der Waals surface area contributed by atoms with Crippen LogP contribution in [0.4, 0.5) is 0 Å². The van der Waals surface area contributed by atoms with Gasteiger partial charge in [-0.2, -0.15) is 4.31 Å². The number of rotatable bonds is 5. The van der Waals surface area contributed by atoms with Crippen LogP contribution in [0, 0.1) is 0 Å². The number of nitrogens with one attached hydrogen (secondary N) is 1. The zero-order chi connectivity index (χ0) is 15.7. The van der Waals surface area contributed by atoms with Gasteiger partial charge in [0, 0.05) is 24.7 Å². The number of benzene rings is 1. The van der Waals surface area contributed by atoms with E-state index in [9.17, 15) is 8.42 Å². The highest BCUT2D eigenvalue weighted by Gasteiger charge is 2.40. The fourth-order valence-electron chi connectivity index (χ4n) is 2.79. The maximum absolute atomic E-state index is 12.8. The van der Waals surface area contributed by atoms with E-state index in [0.717, 1.165) is 18.4 Å². The van der Waals surface area contributed by atoms with Crippen molar-refractivity contribution in [1.29, 1.82) is 0 Å². The maximum Gasteiger partial charge on any atom is 0.243 e.